The molecule has 0 fully saturated rings. The van der Waals surface area contributed by atoms with Crippen molar-refractivity contribution >= 4 is 22.6 Å². The molecule has 0 N–H and O–H groups in total. The van der Waals surface area contributed by atoms with Gasteiger partial charge in [0.05, 0.1) is 16.9 Å². The normalized spacial score (nSPS) is 13.5. The SMILES string of the molecule is Cc1cc2c(cc1F)nc(CCl)n2C(C)C(C)C. The van der Waals surface area contributed by atoms with E-state index in [2.05, 4.69) is 30.3 Å². The lowest BCUT2D eigenvalue weighted by molar-refractivity contribution is 0.409. The summed E-state index contributed by atoms with van der Waals surface area (Å²) in [5, 5.41) is 0. The van der Waals surface area contributed by atoms with Gasteiger partial charge in [-0.15, -0.1) is 11.6 Å². The molecule has 0 saturated heterocycles. The third-order valence-electron chi connectivity index (χ3n) is 3.53. The third-order valence-corrected chi connectivity index (χ3v) is 3.77. The maximum absolute atomic E-state index is 13.6. The van der Waals surface area contributed by atoms with Gasteiger partial charge in [-0.25, -0.2) is 9.37 Å². The number of benzene rings is 1. The van der Waals surface area contributed by atoms with Crippen LogP contribution < -0.4 is 0 Å². The molecule has 4 heteroatoms. The molecule has 1 heterocycles. The molecule has 0 saturated carbocycles. The van der Waals surface area contributed by atoms with Crippen LogP contribution in [0.1, 0.15) is 38.2 Å². The number of aryl methyl sites for hydroxylation is 1. The summed E-state index contributed by atoms with van der Waals surface area (Å²) in [4.78, 5) is 4.43. The summed E-state index contributed by atoms with van der Waals surface area (Å²) in [6.45, 7) is 8.23. The Morgan fingerprint density at radius 2 is 2.00 bits per heavy atom. The van der Waals surface area contributed by atoms with Gasteiger partial charge in [-0.2, -0.15) is 0 Å². The summed E-state index contributed by atoms with van der Waals surface area (Å²) in [7, 11) is 0. The van der Waals surface area contributed by atoms with Crippen LogP contribution in [0.4, 0.5) is 4.39 Å². The molecule has 2 aromatic rings. The number of imidazole rings is 1. The van der Waals surface area contributed by atoms with Gasteiger partial charge in [0.1, 0.15) is 11.6 Å². The van der Waals surface area contributed by atoms with E-state index in [4.69, 9.17) is 11.6 Å². The maximum atomic E-state index is 13.6. The second-order valence-corrected chi connectivity index (χ2v) is 5.37. The molecular formula is C14H18ClFN2. The Labute approximate surface area is 112 Å². The van der Waals surface area contributed by atoms with Crippen LogP contribution in [0.2, 0.25) is 0 Å². The molecule has 2 rings (SSSR count). The molecule has 0 spiro atoms. The first-order chi connectivity index (χ1) is 8.45. The predicted octanol–water partition coefficient (Wildman–Crippen LogP) is 4.44. The highest BCUT2D eigenvalue weighted by molar-refractivity contribution is 6.16. The molecule has 0 amide bonds. The molecule has 0 aliphatic heterocycles. The van der Waals surface area contributed by atoms with E-state index >= 15 is 0 Å². The molecule has 0 radical (unpaired) electrons. The Balaban J connectivity index is 2.72. The molecule has 0 aliphatic rings. The summed E-state index contributed by atoms with van der Waals surface area (Å²) in [6, 6.07) is 3.63. The fourth-order valence-electron chi connectivity index (χ4n) is 2.12. The van der Waals surface area contributed by atoms with Crippen molar-refractivity contribution in [3.05, 3.63) is 29.3 Å². The van der Waals surface area contributed by atoms with Crippen molar-refractivity contribution in [2.24, 2.45) is 5.92 Å². The standard InChI is InChI=1S/C14H18ClFN2/c1-8(2)10(4)18-13-5-9(3)11(16)6-12(13)17-14(18)7-15/h5-6,8,10H,7H2,1-4H3. The zero-order valence-corrected chi connectivity index (χ0v) is 11.9. The Bertz CT molecular complexity index is 575. The summed E-state index contributed by atoms with van der Waals surface area (Å²) in [5.74, 6) is 1.39. The van der Waals surface area contributed by atoms with Crippen molar-refractivity contribution in [1.82, 2.24) is 9.55 Å². The summed E-state index contributed by atoms with van der Waals surface area (Å²) in [6.07, 6.45) is 0. The maximum Gasteiger partial charge on any atom is 0.128 e. The average Bonchev–Trinajstić information content (AvgIpc) is 2.66. The molecule has 0 bridgehead atoms. The van der Waals surface area contributed by atoms with Gasteiger partial charge in [0.2, 0.25) is 0 Å². The lowest BCUT2D eigenvalue weighted by Gasteiger charge is -2.20. The lowest BCUT2D eigenvalue weighted by Crippen LogP contribution is -2.14. The van der Waals surface area contributed by atoms with Gasteiger partial charge >= 0.3 is 0 Å². The van der Waals surface area contributed by atoms with Gasteiger partial charge in [0, 0.05) is 12.1 Å². The molecule has 2 nitrogen and oxygen atoms in total. The summed E-state index contributed by atoms with van der Waals surface area (Å²) >= 11 is 5.95. The van der Waals surface area contributed by atoms with Crippen LogP contribution in [0.5, 0.6) is 0 Å². The first-order valence-electron chi connectivity index (χ1n) is 6.18. The fraction of sp³-hybridized carbons (Fsp3) is 0.500. The Hall–Kier alpha value is -1.09. The predicted molar refractivity (Wildman–Crippen MR) is 73.5 cm³/mol. The van der Waals surface area contributed by atoms with E-state index in [1.165, 1.54) is 6.07 Å². The van der Waals surface area contributed by atoms with E-state index in [0.29, 0.717) is 22.9 Å². The molecule has 1 atom stereocenters. The van der Waals surface area contributed by atoms with Gasteiger partial charge in [-0.3, -0.25) is 0 Å². The van der Waals surface area contributed by atoms with Crippen molar-refractivity contribution in [2.75, 3.05) is 0 Å². The highest BCUT2D eigenvalue weighted by atomic mass is 35.5. The van der Waals surface area contributed by atoms with Gasteiger partial charge in [0.15, 0.2) is 0 Å². The number of hydrogen-bond donors (Lipinski definition) is 0. The van der Waals surface area contributed by atoms with Crippen LogP contribution in [0.15, 0.2) is 12.1 Å². The lowest BCUT2D eigenvalue weighted by atomic mass is 10.1. The summed E-state index contributed by atoms with van der Waals surface area (Å²) < 4.78 is 15.7. The van der Waals surface area contributed by atoms with Crippen molar-refractivity contribution in [3.8, 4) is 0 Å². The molecule has 1 aromatic heterocycles. The van der Waals surface area contributed by atoms with E-state index < -0.39 is 0 Å². The van der Waals surface area contributed by atoms with E-state index in [1.807, 2.05) is 6.07 Å². The van der Waals surface area contributed by atoms with Gasteiger partial charge in [0.25, 0.3) is 0 Å². The topological polar surface area (TPSA) is 17.8 Å². The average molecular weight is 269 g/mol. The van der Waals surface area contributed by atoms with E-state index in [0.717, 1.165) is 11.3 Å². The van der Waals surface area contributed by atoms with Gasteiger partial charge in [-0.05, 0) is 31.4 Å². The zero-order chi connectivity index (χ0) is 13.4. The molecule has 98 valence electrons. The smallest absolute Gasteiger partial charge is 0.128 e. The summed E-state index contributed by atoms with van der Waals surface area (Å²) in [5.41, 5.74) is 2.28. The van der Waals surface area contributed by atoms with Gasteiger partial charge in [-0.1, -0.05) is 13.8 Å². The number of rotatable bonds is 3. The number of nitrogens with zero attached hydrogens (tertiary/aromatic N) is 2. The number of aromatic nitrogens is 2. The van der Waals surface area contributed by atoms with Crippen LogP contribution in [0.3, 0.4) is 0 Å². The van der Waals surface area contributed by atoms with Crippen molar-refractivity contribution in [2.45, 2.75) is 39.6 Å². The van der Waals surface area contributed by atoms with Crippen molar-refractivity contribution < 1.29 is 4.39 Å². The fourth-order valence-corrected chi connectivity index (χ4v) is 2.31. The largest absolute Gasteiger partial charge is 0.324 e. The van der Waals surface area contributed by atoms with E-state index in [9.17, 15) is 4.39 Å². The number of alkyl halides is 1. The van der Waals surface area contributed by atoms with Crippen molar-refractivity contribution in [3.63, 3.8) is 0 Å². The molecular weight excluding hydrogens is 251 g/mol. The zero-order valence-electron chi connectivity index (χ0n) is 11.2. The van der Waals surface area contributed by atoms with Crippen LogP contribution in [0, 0.1) is 18.7 Å². The second-order valence-electron chi connectivity index (χ2n) is 5.11. The molecule has 18 heavy (non-hydrogen) atoms. The first-order valence-corrected chi connectivity index (χ1v) is 6.72. The number of fused-ring (bicyclic) bond motifs is 1. The van der Waals surface area contributed by atoms with Crippen LogP contribution in [-0.2, 0) is 5.88 Å². The van der Waals surface area contributed by atoms with Crippen molar-refractivity contribution in [1.29, 1.82) is 0 Å². The minimum absolute atomic E-state index is 0.217. The van der Waals surface area contributed by atoms with Crippen LogP contribution in [-0.4, -0.2) is 9.55 Å². The first kappa shape index (κ1) is 13.3. The highest BCUT2D eigenvalue weighted by Crippen LogP contribution is 2.28. The van der Waals surface area contributed by atoms with E-state index in [1.54, 1.807) is 6.92 Å². The van der Waals surface area contributed by atoms with Gasteiger partial charge < -0.3 is 4.57 Å². The highest BCUT2D eigenvalue weighted by Gasteiger charge is 2.18. The Kier molecular flexibility index (Phi) is 3.62. The molecule has 0 aliphatic carbocycles. The minimum atomic E-state index is -0.217. The minimum Gasteiger partial charge on any atom is -0.324 e. The van der Waals surface area contributed by atoms with E-state index in [-0.39, 0.29) is 11.9 Å². The van der Waals surface area contributed by atoms with Crippen LogP contribution in [0.25, 0.3) is 11.0 Å². The Morgan fingerprint density at radius 1 is 1.33 bits per heavy atom. The number of hydrogen-bond acceptors (Lipinski definition) is 1. The third kappa shape index (κ3) is 2.12. The number of halogens is 2. The molecule has 1 unspecified atom stereocenters. The molecule has 1 aromatic carbocycles. The second kappa shape index (κ2) is 4.88. The van der Waals surface area contributed by atoms with Crippen LogP contribution >= 0.6 is 11.6 Å². The Morgan fingerprint density at radius 3 is 2.56 bits per heavy atom. The monoisotopic (exact) mass is 268 g/mol. The quantitative estimate of drug-likeness (QED) is 0.753.